The minimum absolute atomic E-state index is 0.0935. The van der Waals surface area contributed by atoms with Gasteiger partial charge in [0.15, 0.2) is 9.84 Å². The lowest BCUT2D eigenvalue weighted by atomic mass is 9.94. The van der Waals surface area contributed by atoms with Gasteiger partial charge < -0.3 is 5.73 Å². The molecule has 1 aliphatic heterocycles. The Morgan fingerprint density at radius 2 is 2.16 bits per heavy atom. The number of hydrogen-bond acceptors (Lipinski definition) is 4. The van der Waals surface area contributed by atoms with E-state index in [1.807, 2.05) is 16.9 Å². The highest BCUT2D eigenvalue weighted by Gasteiger charge is 2.39. The molecule has 0 bridgehead atoms. The van der Waals surface area contributed by atoms with Gasteiger partial charge in [-0.3, -0.25) is 4.68 Å². The zero-order valence-electron chi connectivity index (χ0n) is 11.1. The van der Waals surface area contributed by atoms with Crippen molar-refractivity contribution in [3.05, 3.63) is 18.0 Å². The summed E-state index contributed by atoms with van der Waals surface area (Å²) >= 11 is 0. The van der Waals surface area contributed by atoms with Gasteiger partial charge in [0.25, 0.3) is 0 Å². The van der Waals surface area contributed by atoms with E-state index in [2.05, 4.69) is 5.10 Å². The Labute approximate surface area is 114 Å². The van der Waals surface area contributed by atoms with E-state index in [0.717, 1.165) is 5.69 Å². The van der Waals surface area contributed by atoms with Crippen LogP contribution in [0.25, 0.3) is 0 Å². The van der Waals surface area contributed by atoms with Gasteiger partial charge in [-0.1, -0.05) is 12.8 Å². The Hall–Kier alpha value is -0.880. The molecule has 19 heavy (non-hydrogen) atoms. The predicted molar refractivity (Wildman–Crippen MR) is 73.6 cm³/mol. The molecule has 1 saturated heterocycles. The van der Waals surface area contributed by atoms with Crippen LogP contribution in [-0.4, -0.2) is 35.2 Å². The molecule has 0 amide bonds. The Bertz CT molecular complexity index is 560. The lowest BCUT2D eigenvalue weighted by Gasteiger charge is -2.20. The van der Waals surface area contributed by atoms with Crippen molar-refractivity contribution >= 4 is 9.84 Å². The van der Waals surface area contributed by atoms with Gasteiger partial charge in [0, 0.05) is 18.2 Å². The first kappa shape index (κ1) is 13.1. The third-order valence-corrected chi connectivity index (χ3v) is 6.15. The fourth-order valence-corrected chi connectivity index (χ4v) is 5.27. The van der Waals surface area contributed by atoms with Crippen molar-refractivity contribution < 1.29 is 8.42 Å². The minimum atomic E-state index is -2.94. The summed E-state index contributed by atoms with van der Waals surface area (Å²) in [5.41, 5.74) is 6.51. The summed E-state index contributed by atoms with van der Waals surface area (Å²) in [7, 11) is -2.94. The SMILES string of the molecule is NC1(Cc2ccn(C3CCCC3)n2)CCS(=O)(=O)C1. The van der Waals surface area contributed by atoms with Crippen LogP contribution in [0.5, 0.6) is 0 Å². The molecule has 2 aliphatic rings. The Kier molecular flexibility index (Phi) is 3.17. The van der Waals surface area contributed by atoms with Crippen molar-refractivity contribution in [1.82, 2.24) is 9.78 Å². The molecule has 2 fully saturated rings. The van der Waals surface area contributed by atoms with E-state index >= 15 is 0 Å². The largest absolute Gasteiger partial charge is 0.324 e. The predicted octanol–water partition coefficient (Wildman–Crippen LogP) is 1.06. The highest BCUT2D eigenvalue weighted by Crippen LogP contribution is 2.29. The van der Waals surface area contributed by atoms with Gasteiger partial charge in [0.05, 0.1) is 23.2 Å². The van der Waals surface area contributed by atoms with Crippen LogP contribution in [0.2, 0.25) is 0 Å². The zero-order valence-corrected chi connectivity index (χ0v) is 11.9. The molecule has 1 unspecified atom stereocenters. The number of nitrogens with two attached hydrogens (primary N) is 1. The van der Waals surface area contributed by atoms with Crippen molar-refractivity contribution in [1.29, 1.82) is 0 Å². The summed E-state index contributed by atoms with van der Waals surface area (Å²) in [4.78, 5) is 0. The summed E-state index contributed by atoms with van der Waals surface area (Å²) < 4.78 is 25.1. The standard InChI is InChI=1S/C13H21N3O2S/c14-13(6-8-19(17,18)10-13)9-11-5-7-16(15-11)12-3-1-2-4-12/h5,7,12H,1-4,6,8-10,14H2. The molecule has 2 N–H and O–H groups in total. The van der Waals surface area contributed by atoms with Crippen LogP contribution in [0, 0.1) is 0 Å². The second-order valence-electron chi connectivity index (χ2n) is 6.11. The van der Waals surface area contributed by atoms with Gasteiger partial charge in [-0.25, -0.2) is 8.42 Å². The molecule has 1 atom stereocenters. The molecule has 0 radical (unpaired) electrons. The highest BCUT2D eigenvalue weighted by atomic mass is 32.2. The molecule has 1 saturated carbocycles. The molecule has 0 aromatic carbocycles. The maximum absolute atomic E-state index is 11.5. The van der Waals surface area contributed by atoms with Crippen molar-refractivity contribution in [2.24, 2.45) is 5.73 Å². The smallest absolute Gasteiger partial charge is 0.152 e. The second-order valence-corrected chi connectivity index (χ2v) is 8.29. The van der Waals surface area contributed by atoms with E-state index in [9.17, 15) is 8.42 Å². The first-order valence-electron chi connectivity index (χ1n) is 6.99. The Balaban J connectivity index is 1.70. The summed E-state index contributed by atoms with van der Waals surface area (Å²) in [5.74, 6) is 0.309. The summed E-state index contributed by atoms with van der Waals surface area (Å²) in [6.45, 7) is 0. The molecule has 1 aromatic heterocycles. The van der Waals surface area contributed by atoms with Crippen LogP contribution in [0.1, 0.15) is 43.8 Å². The van der Waals surface area contributed by atoms with Crippen LogP contribution in [0.15, 0.2) is 12.3 Å². The zero-order chi connectivity index (χ0) is 13.5. The second kappa shape index (κ2) is 4.59. The van der Waals surface area contributed by atoms with E-state index in [4.69, 9.17) is 5.73 Å². The Morgan fingerprint density at radius 1 is 1.42 bits per heavy atom. The molecule has 1 aromatic rings. The van der Waals surface area contributed by atoms with Crippen molar-refractivity contribution in [3.63, 3.8) is 0 Å². The number of rotatable bonds is 3. The number of sulfone groups is 1. The summed E-state index contributed by atoms with van der Waals surface area (Å²) in [6, 6.07) is 2.51. The summed E-state index contributed by atoms with van der Waals surface area (Å²) in [5, 5.41) is 4.59. The van der Waals surface area contributed by atoms with Crippen LogP contribution in [0.3, 0.4) is 0 Å². The average Bonchev–Trinajstić information content (AvgIpc) is 2.98. The first-order valence-corrected chi connectivity index (χ1v) is 8.81. The maximum Gasteiger partial charge on any atom is 0.152 e. The lowest BCUT2D eigenvalue weighted by molar-refractivity contribution is 0.441. The molecular formula is C13H21N3O2S. The highest BCUT2D eigenvalue weighted by molar-refractivity contribution is 7.91. The number of hydrogen-bond donors (Lipinski definition) is 1. The van der Waals surface area contributed by atoms with Crippen molar-refractivity contribution in [3.8, 4) is 0 Å². The summed E-state index contributed by atoms with van der Waals surface area (Å²) in [6.07, 6.45) is 8.07. The first-order chi connectivity index (χ1) is 8.96. The molecule has 106 valence electrons. The van der Waals surface area contributed by atoms with E-state index in [1.165, 1.54) is 25.7 Å². The molecule has 3 rings (SSSR count). The molecule has 5 nitrogen and oxygen atoms in total. The molecule has 1 aliphatic carbocycles. The minimum Gasteiger partial charge on any atom is -0.324 e. The van der Waals surface area contributed by atoms with Crippen molar-refractivity contribution in [2.75, 3.05) is 11.5 Å². The van der Waals surface area contributed by atoms with Crippen LogP contribution in [-0.2, 0) is 16.3 Å². The van der Waals surface area contributed by atoms with E-state index in [-0.39, 0.29) is 11.5 Å². The van der Waals surface area contributed by atoms with Gasteiger partial charge in [0.1, 0.15) is 0 Å². The third kappa shape index (κ3) is 2.84. The lowest BCUT2D eigenvalue weighted by Crippen LogP contribution is -2.43. The third-order valence-electron chi connectivity index (χ3n) is 4.31. The van der Waals surface area contributed by atoms with E-state index in [0.29, 0.717) is 18.9 Å². The van der Waals surface area contributed by atoms with Crippen molar-refractivity contribution in [2.45, 2.75) is 50.1 Å². The van der Waals surface area contributed by atoms with Gasteiger partial charge in [-0.15, -0.1) is 0 Å². The topological polar surface area (TPSA) is 78.0 Å². The quantitative estimate of drug-likeness (QED) is 0.899. The number of nitrogens with zero attached hydrogens (tertiary/aromatic N) is 2. The van der Waals surface area contributed by atoms with Gasteiger partial charge in [-0.05, 0) is 25.3 Å². The molecule has 6 heteroatoms. The van der Waals surface area contributed by atoms with Gasteiger partial charge in [0.2, 0.25) is 0 Å². The van der Waals surface area contributed by atoms with Gasteiger partial charge in [-0.2, -0.15) is 5.10 Å². The van der Waals surface area contributed by atoms with E-state index in [1.54, 1.807) is 0 Å². The molecule has 2 heterocycles. The normalized spacial score (nSPS) is 31.0. The fourth-order valence-electron chi connectivity index (χ4n) is 3.29. The van der Waals surface area contributed by atoms with Crippen LogP contribution >= 0.6 is 0 Å². The van der Waals surface area contributed by atoms with Crippen LogP contribution in [0.4, 0.5) is 0 Å². The Morgan fingerprint density at radius 3 is 2.79 bits per heavy atom. The monoisotopic (exact) mass is 283 g/mol. The van der Waals surface area contributed by atoms with Gasteiger partial charge >= 0.3 is 0 Å². The van der Waals surface area contributed by atoms with Crippen LogP contribution < -0.4 is 5.73 Å². The fraction of sp³-hybridized carbons (Fsp3) is 0.769. The molecule has 0 spiro atoms. The molecular weight excluding hydrogens is 262 g/mol. The number of aromatic nitrogens is 2. The maximum atomic E-state index is 11.5. The van der Waals surface area contributed by atoms with E-state index < -0.39 is 15.4 Å². The average molecular weight is 283 g/mol.